The average molecular weight is 265 g/mol. The third-order valence-corrected chi connectivity index (χ3v) is 3.13. The Morgan fingerprint density at radius 1 is 1.37 bits per heavy atom. The average Bonchev–Trinajstić information content (AvgIpc) is 2.43. The molecule has 0 aromatic heterocycles. The molecular formula is C15H23NO3. The van der Waals surface area contributed by atoms with Crippen molar-refractivity contribution in [1.82, 2.24) is 5.32 Å². The minimum atomic E-state index is -1.48. The lowest BCUT2D eigenvalue weighted by molar-refractivity contribution is -0.141. The van der Waals surface area contributed by atoms with Crippen LogP contribution < -0.4 is 10.1 Å². The number of aliphatic hydroxyl groups is 1. The van der Waals surface area contributed by atoms with Gasteiger partial charge in [0.15, 0.2) is 5.60 Å². The van der Waals surface area contributed by atoms with Crippen LogP contribution in [0.2, 0.25) is 0 Å². The number of hydrogen-bond acceptors (Lipinski definition) is 3. The first-order chi connectivity index (χ1) is 8.93. The topological polar surface area (TPSA) is 58.6 Å². The lowest BCUT2D eigenvalue weighted by Gasteiger charge is -2.26. The minimum absolute atomic E-state index is 0.323. The predicted molar refractivity (Wildman–Crippen MR) is 75.0 cm³/mol. The van der Waals surface area contributed by atoms with Gasteiger partial charge in [0.05, 0.1) is 7.11 Å². The van der Waals surface area contributed by atoms with Gasteiger partial charge in [0.1, 0.15) is 5.75 Å². The quantitative estimate of drug-likeness (QED) is 0.827. The number of ether oxygens (including phenoxy) is 1. The summed E-state index contributed by atoms with van der Waals surface area (Å²) >= 11 is 0. The fourth-order valence-electron chi connectivity index (χ4n) is 1.81. The van der Waals surface area contributed by atoms with Crippen molar-refractivity contribution in [2.75, 3.05) is 13.7 Å². The normalized spacial score (nSPS) is 14.0. The van der Waals surface area contributed by atoms with Gasteiger partial charge in [-0.2, -0.15) is 0 Å². The molecule has 0 radical (unpaired) electrons. The molecule has 0 bridgehead atoms. The highest BCUT2D eigenvalue weighted by atomic mass is 16.5. The zero-order valence-electron chi connectivity index (χ0n) is 12.1. The summed E-state index contributed by atoms with van der Waals surface area (Å²) in [5, 5.41) is 13.4. The van der Waals surface area contributed by atoms with E-state index in [2.05, 4.69) is 5.32 Å². The summed E-state index contributed by atoms with van der Waals surface area (Å²) < 4.78 is 5.07. The maximum absolute atomic E-state index is 12.2. The lowest BCUT2D eigenvalue weighted by atomic mass is 9.90. The standard InChI is InChI=1S/C15H23NO3/c1-5-15(18,14(17)16-10-11(2)3)12-6-8-13(19-4)9-7-12/h6-9,11,18H,5,10H2,1-4H3,(H,16,17). The SMILES string of the molecule is CCC(O)(C(=O)NCC(C)C)c1ccc(OC)cc1. The number of rotatable bonds is 6. The van der Waals surface area contributed by atoms with Gasteiger partial charge >= 0.3 is 0 Å². The fourth-order valence-corrected chi connectivity index (χ4v) is 1.81. The Kier molecular flexibility index (Phi) is 5.36. The van der Waals surface area contributed by atoms with Gasteiger partial charge in [-0.15, -0.1) is 0 Å². The van der Waals surface area contributed by atoms with Crippen LogP contribution in [-0.4, -0.2) is 24.7 Å². The first-order valence-corrected chi connectivity index (χ1v) is 6.59. The highest BCUT2D eigenvalue weighted by Crippen LogP contribution is 2.27. The van der Waals surface area contributed by atoms with Crippen LogP contribution in [0.25, 0.3) is 0 Å². The Hall–Kier alpha value is -1.55. The van der Waals surface area contributed by atoms with Crippen LogP contribution in [0.5, 0.6) is 5.75 Å². The molecule has 0 heterocycles. The summed E-state index contributed by atoms with van der Waals surface area (Å²) in [6.07, 6.45) is 0.323. The van der Waals surface area contributed by atoms with Crippen LogP contribution in [-0.2, 0) is 10.4 Å². The molecule has 1 aromatic rings. The molecule has 19 heavy (non-hydrogen) atoms. The second-order valence-corrected chi connectivity index (χ2v) is 5.05. The molecule has 0 saturated carbocycles. The Labute approximate surface area is 114 Å². The van der Waals surface area contributed by atoms with Crippen molar-refractivity contribution in [3.8, 4) is 5.75 Å². The van der Waals surface area contributed by atoms with Crippen molar-refractivity contribution in [2.45, 2.75) is 32.8 Å². The summed E-state index contributed by atoms with van der Waals surface area (Å²) in [6, 6.07) is 6.92. The van der Waals surface area contributed by atoms with Gasteiger partial charge in [0.25, 0.3) is 5.91 Å². The Morgan fingerprint density at radius 2 is 1.95 bits per heavy atom. The molecule has 4 heteroatoms. The molecule has 0 fully saturated rings. The summed E-state index contributed by atoms with van der Waals surface area (Å²) in [7, 11) is 1.58. The second-order valence-electron chi connectivity index (χ2n) is 5.05. The number of carbonyl (C=O) groups is 1. The number of amides is 1. The molecule has 0 aliphatic rings. The van der Waals surface area contributed by atoms with Crippen LogP contribution >= 0.6 is 0 Å². The summed E-state index contributed by atoms with van der Waals surface area (Å²) in [6.45, 7) is 6.37. The largest absolute Gasteiger partial charge is 0.497 e. The van der Waals surface area contributed by atoms with E-state index < -0.39 is 5.60 Å². The van der Waals surface area contributed by atoms with Gasteiger partial charge in [0.2, 0.25) is 0 Å². The van der Waals surface area contributed by atoms with Crippen molar-refractivity contribution in [3.05, 3.63) is 29.8 Å². The zero-order valence-corrected chi connectivity index (χ0v) is 12.1. The molecule has 0 saturated heterocycles. The van der Waals surface area contributed by atoms with Gasteiger partial charge in [-0.25, -0.2) is 0 Å². The maximum atomic E-state index is 12.2. The van der Waals surface area contributed by atoms with Crippen LogP contribution in [0.3, 0.4) is 0 Å². The van der Waals surface area contributed by atoms with E-state index in [9.17, 15) is 9.90 Å². The minimum Gasteiger partial charge on any atom is -0.497 e. The number of nitrogens with one attached hydrogen (secondary N) is 1. The first kappa shape index (κ1) is 15.5. The van der Waals surface area contributed by atoms with Crippen molar-refractivity contribution in [1.29, 1.82) is 0 Å². The molecular weight excluding hydrogens is 242 g/mol. The van der Waals surface area contributed by atoms with Crippen LogP contribution in [0.15, 0.2) is 24.3 Å². The molecule has 0 aliphatic heterocycles. The Bertz CT molecular complexity index is 414. The van der Waals surface area contributed by atoms with Crippen LogP contribution in [0.4, 0.5) is 0 Å². The van der Waals surface area contributed by atoms with Gasteiger partial charge < -0.3 is 15.2 Å². The van der Waals surface area contributed by atoms with Gasteiger partial charge in [0, 0.05) is 6.54 Å². The summed E-state index contributed by atoms with van der Waals surface area (Å²) in [5.74, 6) is 0.694. The van der Waals surface area contributed by atoms with Crippen LogP contribution in [0.1, 0.15) is 32.8 Å². The third-order valence-electron chi connectivity index (χ3n) is 3.13. The molecule has 1 unspecified atom stereocenters. The fraction of sp³-hybridized carbons (Fsp3) is 0.533. The number of benzene rings is 1. The van der Waals surface area contributed by atoms with Crippen LogP contribution in [0, 0.1) is 5.92 Å². The highest BCUT2D eigenvalue weighted by molar-refractivity contribution is 5.86. The second kappa shape index (κ2) is 6.57. The monoisotopic (exact) mass is 265 g/mol. The molecule has 1 atom stereocenters. The molecule has 1 aromatic carbocycles. The molecule has 106 valence electrons. The van der Waals surface area contributed by atoms with Gasteiger partial charge in [-0.3, -0.25) is 4.79 Å². The van der Waals surface area contributed by atoms with Gasteiger partial charge in [-0.05, 0) is 30.0 Å². The van der Waals surface area contributed by atoms with E-state index in [4.69, 9.17) is 4.74 Å². The lowest BCUT2D eigenvalue weighted by Crippen LogP contribution is -2.45. The Morgan fingerprint density at radius 3 is 2.37 bits per heavy atom. The van der Waals surface area contributed by atoms with E-state index in [1.165, 1.54) is 0 Å². The number of carbonyl (C=O) groups excluding carboxylic acids is 1. The van der Waals surface area contributed by atoms with E-state index in [1.54, 1.807) is 38.3 Å². The van der Waals surface area contributed by atoms with Crippen molar-refractivity contribution < 1.29 is 14.6 Å². The van der Waals surface area contributed by atoms with Crippen molar-refractivity contribution in [2.24, 2.45) is 5.92 Å². The van der Waals surface area contributed by atoms with E-state index in [0.717, 1.165) is 0 Å². The van der Waals surface area contributed by atoms with E-state index in [0.29, 0.717) is 30.2 Å². The first-order valence-electron chi connectivity index (χ1n) is 6.59. The maximum Gasteiger partial charge on any atom is 0.256 e. The molecule has 0 spiro atoms. The number of methoxy groups -OCH3 is 1. The van der Waals surface area contributed by atoms with Gasteiger partial charge in [-0.1, -0.05) is 32.9 Å². The van der Waals surface area contributed by atoms with Crippen molar-refractivity contribution >= 4 is 5.91 Å². The van der Waals surface area contributed by atoms with E-state index >= 15 is 0 Å². The predicted octanol–water partition coefficient (Wildman–Crippen LogP) is 2.07. The summed E-state index contributed by atoms with van der Waals surface area (Å²) in [4.78, 5) is 12.2. The smallest absolute Gasteiger partial charge is 0.256 e. The molecule has 0 aliphatic carbocycles. The molecule has 2 N–H and O–H groups in total. The van der Waals surface area contributed by atoms with E-state index in [1.807, 2.05) is 13.8 Å². The third kappa shape index (κ3) is 3.70. The molecule has 4 nitrogen and oxygen atoms in total. The molecule has 1 amide bonds. The molecule has 1 rings (SSSR count). The zero-order chi connectivity index (χ0) is 14.5. The van der Waals surface area contributed by atoms with E-state index in [-0.39, 0.29) is 5.91 Å². The number of hydrogen-bond donors (Lipinski definition) is 2. The summed E-state index contributed by atoms with van der Waals surface area (Å²) in [5.41, 5.74) is -0.904. The van der Waals surface area contributed by atoms with Crippen molar-refractivity contribution in [3.63, 3.8) is 0 Å². The Balaban J connectivity index is 2.91. The highest BCUT2D eigenvalue weighted by Gasteiger charge is 2.35.